The number of halogens is 3. The number of amides is 1. The zero-order valence-corrected chi connectivity index (χ0v) is 19.7. The van der Waals surface area contributed by atoms with Gasteiger partial charge >= 0.3 is 6.09 Å². The van der Waals surface area contributed by atoms with Crippen LogP contribution in [0.5, 0.6) is 0 Å². The van der Waals surface area contributed by atoms with Crippen molar-refractivity contribution in [3.05, 3.63) is 106 Å². The fourth-order valence-electron chi connectivity index (χ4n) is 6.15. The van der Waals surface area contributed by atoms with Crippen LogP contribution in [0.2, 0.25) is 0 Å². The molecule has 2 unspecified atom stereocenters. The van der Waals surface area contributed by atoms with Crippen LogP contribution >= 0.6 is 0 Å². The van der Waals surface area contributed by atoms with Gasteiger partial charge in [-0.05, 0) is 66.0 Å². The molecule has 0 N–H and O–H groups in total. The Hall–Kier alpha value is -3.54. The molecule has 1 saturated heterocycles. The molecule has 3 aromatic carbocycles. The summed E-state index contributed by atoms with van der Waals surface area (Å²) >= 11 is 0. The Morgan fingerprint density at radius 1 is 0.889 bits per heavy atom. The highest BCUT2D eigenvalue weighted by Gasteiger charge is 2.39. The SMILES string of the molecule is O=C(OCC1c2ccccc2-c2ccccc21)N1C2C=C(Cc3ccc(F)c(F)c3F)CC1CCC2. The third-order valence-electron chi connectivity index (χ3n) is 7.79. The molecule has 2 heterocycles. The van der Waals surface area contributed by atoms with E-state index in [1.165, 1.54) is 28.3 Å². The van der Waals surface area contributed by atoms with Crippen LogP contribution in [0.1, 0.15) is 48.3 Å². The van der Waals surface area contributed by atoms with Crippen LogP contribution in [0.4, 0.5) is 18.0 Å². The van der Waals surface area contributed by atoms with Crippen LogP contribution < -0.4 is 0 Å². The first kappa shape index (κ1) is 22.9. The van der Waals surface area contributed by atoms with Gasteiger partial charge in [0.15, 0.2) is 17.5 Å². The van der Waals surface area contributed by atoms with Crippen LogP contribution in [-0.2, 0) is 11.2 Å². The number of carbonyl (C=O) groups is 1. The van der Waals surface area contributed by atoms with Crippen molar-refractivity contribution in [3.63, 3.8) is 0 Å². The van der Waals surface area contributed by atoms with Crippen molar-refractivity contribution in [2.45, 2.75) is 50.1 Å². The summed E-state index contributed by atoms with van der Waals surface area (Å²) in [6.07, 6.45) is 5.04. The molecule has 6 rings (SSSR count). The van der Waals surface area contributed by atoms with E-state index in [0.29, 0.717) is 6.42 Å². The van der Waals surface area contributed by atoms with Crippen molar-refractivity contribution in [1.82, 2.24) is 4.90 Å². The minimum Gasteiger partial charge on any atom is -0.448 e. The lowest BCUT2D eigenvalue weighted by Gasteiger charge is -2.44. The van der Waals surface area contributed by atoms with Gasteiger partial charge in [0.25, 0.3) is 0 Å². The number of carbonyl (C=O) groups excluding carboxylic acids is 1. The monoisotopic (exact) mass is 489 g/mol. The van der Waals surface area contributed by atoms with E-state index in [0.717, 1.165) is 30.9 Å². The smallest absolute Gasteiger partial charge is 0.410 e. The highest BCUT2D eigenvalue weighted by molar-refractivity contribution is 5.79. The van der Waals surface area contributed by atoms with E-state index in [-0.39, 0.29) is 42.7 Å². The number of benzene rings is 3. The lowest BCUT2D eigenvalue weighted by Crippen LogP contribution is -2.52. The molecule has 0 saturated carbocycles. The van der Waals surface area contributed by atoms with Gasteiger partial charge in [-0.15, -0.1) is 0 Å². The van der Waals surface area contributed by atoms with E-state index in [1.54, 1.807) is 0 Å². The maximum absolute atomic E-state index is 14.2. The standard InChI is InChI=1S/C30H26F3NO2/c31-27-13-12-19(28(32)29(27)33)14-18-15-20-6-5-7-21(16-18)34(20)30(35)36-17-26-24-10-3-1-8-22(24)23-9-2-4-11-25(23)26/h1-4,8-13,15,20-21,26H,5-7,14,16-17H2. The third kappa shape index (κ3) is 3.89. The first-order valence-electron chi connectivity index (χ1n) is 12.5. The Morgan fingerprint density at radius 3 is 2.28 bits per heavy atom. The number of fused-ring (bicyclic) bond motifs is 5. The molecular weight excluding hydrogens is 463 g/mol. The van der Waals surface area contributed by atoms with Crippen molar-refractivity contribution in [1.29, 1.82) is 0 Å². The second-order valence-corrected chi connectivity index (χ2v) is 9.90. The molecule has 2 bridgehead atoms. The Kier molecular flexibility index (Phi) is 5.82. The van der Waals surface area contributed by atoms with E-state index >= 15 is 0 Å². The Morgan fingerprint density at radius 2 is 1.58 bits per heavy atom. The van der Waals surface area contributed by atoms with Gasteiger partial charge in [-0.2, -0.15) is 0 Å². The van der Waals surface area contributed by atoms with Crippen molar-refractivity contribution >= 4 is 6.09 Å². The van der Waals surface area contributed by atoms with Crippen LogP contribution in [0.25, 0.3) is 11.1 Å². The topological polar surface area (TPSA) is 29.5 Å². The van der Waals surface area contributed by atoms with Crippen LogP contribution in [0, 0.1) is 17.5 Å². The molecule has 1 amide bonds. The summed E-state index contributed by atoms with van der Waals surface area (Å²) in [5.74, 6) is -3.77. The molecule has 6 heteroatoms. The molecule has 3 aliphatic rings. The maximum atomic E-state index is 14.2. The zero-order chi connectivity index (χ0) is 24.8. The van der Waals surface area contributed by atoms with E-state index in [9.17, 15) is 18.0 Å². The molecule has 3 aromatic rings. The molecule has 1 fully saturated rings. The Bertz CT molecular complexity index is 1320. The van der Waals surface area contributed by atoms with E-state index in [1.807, 2.05) is 35.2 Å². The molecule has 0 aromatic heterocycles. The fraction of sp³-hybridized carbons (Fsp3) is 0.300. The number of rotatable bonds is 4. The van der Waals surface area contributed by atoms with Gasteiger partial charge in [-0.1, -0.05) is 66.2 Å². The van der Waals surface area contributed by atoms with Gasteiger partial charge in [-0.3, -0.25) is 4.90 Å². The second kappa shape index (κ2) is 9.16. The minimum absolute atomic E-state index is 0.00608. The molecule has 0 spiro atoms. The first-order chi connectivity index (χ1) is 17.5. The first-order valence-corrected chi connectivity index (χ1v) is 12.5. The van der Waals surface area contributed by atoms with Crippen molar-refractivity contribution < 1.29 is 22.7 Å². The van der Waals surface area contributed by atoms with Gasteiger partial charge in [0, 0.05) is 12.0 Å². The molecule has 2 aliphatic heterocycles. The quantitative estimate of drug-likeness (QED) is 0.288. The Labute approximate surface area is 208 Å². The van der Waals surface area contributed by atoms with Gasteiger partial charge in [0.1, 0.15) is 6.61 Å². The predicted octanol–water partition coefficient (Wildman–Crippen LogP) is 7.15. The number of hydrogen-bond acceptors (Lipinski definition) is 2. The molecule has 2 atom stereocenters. The summed E-state index contributed by atoms with van der Waals surface area (Å²) in [7, 11) is 0. The normalized spacial score (nSPS) is 20.5. The molecule has 0 radical (unpaired) electrons. The molecule has 1 aliphatic carbocycles. The lowest BCUT2D eigenvalue weighted by molar-refractivity contribution is 0.0509. The van der Waals surface area contributed by atoms with Crippen LogP contribution in [0.3, 0.4) is 0 Å². The minimum atomic E-state index is -1.44. The van der Waals surface area contributed by atoms with Crippen molar-refractivity contribution in [3.8, 4) is 11.1 Å². The summed E-state index contributed by atoms with van der Waals surface area (Å²) < 4.78 is 47.2. The van der Waals surface area contributed by atoms with Gasteiger partial charge in [0.2, 0.25) is 0 Å². The summed E-state index contributed by atoms with van der Waals surface area (Å²) in [6.45, 7) is 0.263. The summed E-state index contributed by atoms with van der Waals surface area (Å²) in [4.78, 5) is 15.1. The van der Waals surface area contributed by atoms with Gasteiger partial charge < -0.3 is 4.74 Å². The number of hydrogen-bond donors (Lipinski definition) is 0. The highest BCUT2D eigenvalue weighted by atomic mass is 19.2. The molecule has 36 heavy (non-hydrogen) atoms. The molecular formula is C30H26F3NO2. The average Bonchev–Trinajstić information content (AvgIpc) is 3.21. The summed E-state index contributed by atoms with van der Waals surface area (Å²) in [6, 6.07) is 18.5. The average molecular weight is 490 g/mol. The predicted molar refractivity (Wildman–Crippen MR) is 131 cm³/mol. The van der Waals surface area contributed by atoms with E-state index in [2.05, 4.69) is 24.3 Å². The van der Waals surface area contributed by atoms with Crippen molar-refractivity contribution in [2.24, 2.45) is 0 Å². The van der Waals surface area contributed by atoms with Gasteiger partial charge in [-0.25, -0.2) is 18.0 Å². The summed E-state index contributed by atoms with van der Waals surface area (Å²) in [5.41, 5.74) is 5.77. The van der Waals surface area contributed by atoms with E-state index in [4.69, 9.17) is 4.74 Å². The number of piperidine rings is 1. The van der Waals surface area contributed by atoms with Gasteiger partial charge in [0.05, 0.1) is 6.04 Å². The number of nitrogens with zero attached hydrogens (tertiary/aromatic N) is 1. The fourth-order valence-corrected chi connectivity index (χ4v) is 6.15. The maximum Gasteiger partial charge on any atom is 0.410 e. The molecule has 3 nitrogen and oxygen atoms in total. The van der Waals surface area contributed by atoms with Crippen LogP contribution in [0.15, 0.2) is 72.3 Å². The second-order valence-electron chi connectivity index (χ2n) is 9.90. The van der Waals surface area contributed by atoms with Crippen molar-refractivity contribution in [2.75, 3.05) is 6.61 Å². The van der Waals surface area contributed by atoms with Crippen LogP contribution in [-0.4, -0.2) is 29.7 Å². The molecule has 184 valence electrons. The largest absolute Gasteiger partial charge is 0.448 e. The highest BCUT2D eigenvalue weighted by Crippen LogP contribution is 2.45. The third-order valence-corrected chi connectivity index (χ3v) is 7.79. The number of ether oxygens (including phenoxy) is 1. The lowest BCUT2D eigenvalue weighted by atomic mass is 9.83. The summed E-state index contributed by atoms with van der Waals surface area (Å²) in [5, 5.41) is 0. The van der Waals surface area contributed by atoms with E-state index < -0.39 is 17.5 Å². The zero-order valence-electron chi connectivity index (χ0n) is 19.7. The Balaban J connectivity index is 1.19.